The highest BCUT2D eigenvalue weighted by Crippen LogP contribution is 2.19. The highest BCUT2D eigenvalue weighted by atomic mass is 32.1. The fourth-order valence-electron chi connectivity index (χ4n) is 1.19. The molecule has 2 nitrogen and oxygen atoms in total. The Morgan fingerprint density at radius 3 is 3.00 bits per heavy atom. The Morgan fingerprint density at radius 2 is 2.25 bits per heavy atom. The molecule has 0 saturated carbocycles. The number of rotatable bonds is 0. The number of hydrogen-bond donors (Lipinski definition) is 1. The van der Waals surface area contributed by atoms with Crippen LogP contribution >= 0.6 is 12.2 Å². The summed E-state index contributed by atoms with van der Waals surface area (Å²) in [6.07, 6.45) is 0. The third kappa shape index (κ3) is 1.04. The second kappa shape index (κ2) is 2.42. The van der Waals surface area contributed by atoms with E-state index in [9.17, 15) is 4.39 Å². The van der Waals surface area contributed by atoms with Crippen molar-refractivity contribution in [1.82, 2.24) is 4.98 Å². The second-order valence-corrected chi connectivity index (χ2v) is 2.98. The number of fused-ring (bicyclic) bond motifs is 1. The van der Waals surface area contributed by atoms with Crippen molar-refractivity contribution < 1.29 is 8.81 Å². The molecule has 0 fully saturated rings. The monoisotopic (exact) mass is 183 g/mol. The molecule has 0 aliphatic rings. The fourth-order valence-corrected chi connectivity index (χ4v) is 1.38. The SMILES string of the molecule is Cc1cc(F)cc2[nH]c(=S)oc12. The van der Waals surface area contributed by atoms with E-state index in [-0.39, 0.29) is 10.7 Å². The molecule has 4 heteroatoms. The van der Waals surface area contributed by atoms with Crippen molar-refractivity contribution in [2.24, 2.45) is 0 Å². The van der Waals surface area contributed by atoms with Crippen molar-refractivity contribution >= 4 is 23.3 Å². The van der Waals surface area contributed by atoms with Crippen LogP contribution in [0.15, 0.2) is 16.5 Å². The highest BCUT2D eigenvalue weighted by molar-refractivity contribution is 7.71. The maximum Gasteiger partial charge on any atom is 0.266 e. The van der Waals surface area contributed by atoms with Crippen LogP contribution in [0.5, 0.6) is 0 Å². The largest absolute Gasteiger partial charge is 0.429 e. The standard InChI is InChI=1S/C8H6FNOS/c1-4-2-5(9)3-6-7(4)11-8(12)10-6/h2-3H,1H3,(H,10,12). The van der Waals surface area contributed by atoms with E-state index in [1.807, 2.05) is 0 Å². The van der Waals surface area contributed by atoms with Gasteiger partial charge in [0.1, 0.15) is 5.82 Å². The van der Waals surface area contributed by atoms with Crippen molar-refractivity contribution in [3.8, 4) is 0 Å². The lowest BCUT2D eigenvalue weighted by Crippen LogP contribution is -1.78. The summed E-state index contributed by atoms with van der Waals surface area (Å²) in [6.45, 7) is 1.78. The van der Waals surface area contributed by atoms with Crippen LogP contribution in [0.3, 0.4) is 0 Å². The van der Waals surface area contributed by atoms with E-state index in [2.05, 4.69) is 4.98 Å². The van der Waals surface area contributed by atoms with Crippen molar-refractivity contribution in [3.63, 3.8) is 0 Å². The van der Waals surface area contributed by atoms with Gasteiger partial charge in [-0.3, -0.25) is 0 Å². The molecule has 1 aromatic heterocycles. The van der Waals surface area contributed by atoms with Gasteiger partial charge in [0.2, 0.25) is 0 Å². The van der Waals surface area contributed by atoms with E-state index in [0.29, 0.717) is 11.1 Å². The Labute approximate surface area is 73.0 Å². The maximum absolute atomic E-state index is 12.8. The zero-order valence-electron chi connectivity index (χ0n) is 6.35. The molecule has 0 atom stereocenters. The summed E-state index contributed by atoms with van der Waals surface area (Å²) in [7, 11) is 0. The molecule has 62 valence electrons. The Hall–Kier alpha value is -1.16. The van der Waals surface area contributed by atoms with Crippen LogP contribution in [0.4, 0.5) is 4.39 Å². The van der Waals surface area contributed by atoms with Gasteiger partial charge in [-0.1, -0.05) is 0 Å². The lowest BCUT2D eigenvalue weighted by atomic mass is 10.2. The Morgan fingerprint density at radius 1 is 1.50 bits per heavy atom. The number of aryl methyl sites for hydroxylation is 1. The van der Waals surface area contributed by atoms with Gasteiger partial charge in [0.25, 0.3) is 4.84 Å². The number of aromatic amines is 1. The van der Waals surface area contributed by atoms with Gasteiger partial charge in [-0.15, -0.1) is 0 Å². The average molecular weight is 183 g/mol. The van der Waals surface area contributed by atoms with E-state index >= 15 is 0 Å². The van der Waals surface area contributed by atoms with Gasteiger partial charge >= 0.3 is 0 Å². The smallest absolute Gasteiger partial charge is 0.266 e. The average Bonchev–Trinajstić information content (AvgIpc) is 2.29. The van der Waals surface area contributed by atoms with Crippen LogP contribution in [-0.4, -0.2) is 4.98 Å². The summed E-state index contributed by atoms with van der Waals surface area (Å²) in [5, 5.41) is 0. The van der Waals surface area contributed by atoms with Gasteiger partial charge in [0.15, 0.2) is 5.58 Å². The normalized spacial score (nSPS) is 10.8. The third-order valence-corrected chi connectivity index (χ3v) is 1.86. The minimum Gasteiger partial charge on any atom is -0.429 e. The number of nitrogens with one attached hydrogen (secondary N) is 1. The first-order valence-corrected chi connectivity index (χ1v) is 3.86. The Bertz CT molecular complexity index is 485. The lowest BCUT2D eigenvalue weighted by molar-refractivity contribution is 0.579. The van der Waals surface area contributed by atoms with Gasteiger partial charge < -0.3 is 9.40 Å². The zero-order valence-corrected chi connectivity index (χ0v) is 7.17. The molecular formula is C8H6FNOS. The number of hydrogen-bond acceptors (Lipinski definition) is 2. The summed E-state index contributed by atoms with van der Waals surface area (Å²) < 4.78 is 18.0. The predicted molar refractivity (Wildman–Crippen MR) is 46.1 cm³/mol. The molecular weight excluding hydrogens is 177 g/mol. The minimum absolute atomic E-state index is 0.277. The summed E-state index contributed by atoms with van der Waals surface area (Å²) in [4.78, 5) is 3.02. The molecule has 2 rings (SSSR count). The molecule has 0 saturated heterocycles. The Balaban J connectivity index is 2.97. The number of halogens is 1. The van der Waals surface area contributed by atoms with Crippen molar-refractivity contribution in [1.29, 1.82) is 0 Å². The van der Waals surface area contributed by atoms with E-state index in [1.165, 1.54) is 12.1 Å². The van der Waals surface area contributed by atoms with Crippen LogP contribution in [0.1, 0.15) is 5.56 Å². The molecule has 0 amide bonds. The molecule has 1 heterocycles. The van der Waals surface area contributed by atoms with Crippen LogP contribution in [0, 0.1) is 17.6 Å². The van der Waals surface area contributed by atoms with Crippen LogP contribution < -0.4 is 0 Å². The van der Waals surface area contributed by atoms with Gasteiger partial charge in [-0.25, -0.2) is 4.39 Å². The highest BCUT2D eigenvalue weighted by Gasteiger charge is 2.04. The number of aromatic nitrogens is 1. The van der Waals surface area contributed by atoms with E-state index in [1.54, 1.807) is 6.92 Å². The molecule has 0 bridgehead atoms. The van der Waals surface area contributed by atoms with Gasteiger partial charge in [0.05, 0.1) is 5.52 Å². The van der Waals surface area contributed by atoms with E-state index in [4.69, 9.17) is 16.6 Å². The molecule has 0 aliphatic carbocycles. The van der Waals surface area contributed by atoms with Crippen molar-refractivity contribution in [2.45, 2.75) is 6.92 Å². The van der Waals surface area contributed by atoms with E-state index in [0.717, 1.165) is 5.56 Å². The molecule has 1 aromatic carbocycles. The van der Waals surface area contributed by atoms with E-state index < -0.39 is 0 Å². The van der Waals surface area contributed by atoms with Crippen LogP contribution in [0.2, 0.25) is 0 Å². The molecule has 12 heavy (non-hydrogen) atoms. The molecule has 0 radical (unpaired) electrons. The first kappa shape index (κ1) is 7.49. The summed E-state index contributed by atoms with van der Waals surface area (Å²) in [6, 6.07) is 2.77. The van der Waals surface area contributed by atoms with Gasteiger partial charge in [-0.2, -0.15) is 0 Å². The number of oxazole rings is 1. The third-order valence-electron chi connectivity index (χ3n) is 1.67. The van der Waals surface area contributed by atoms with Crippen LogP contribution in [-0.2, 0) is 0 Å². The number of H-pyrrole nitrogens is 1. The second-order valence-electron chi connectivity index (χ2n) is 2.61. The summed E-state index contributed by atoms with van der Waals surface area (Å²) in [5.41, 5.74) is 1.98. The maximum atomic E-state index is 12.8. The van der Waals surface area contributed by atoms with Gasteiger partial charge in [-0.05, 0) is 30.8 Å². The first-order valence-electron chi connectivity index (χ1n) is 3.46. The molecule has 1 N–H and O–H groups in total. The van der Waals surface area contributed by atoms with Crippen molar-refractivity contribution in [2.75, 3.05) is 0 Å². The van der Waals surface area contributed by atoms with Crippen LogP contribution in [0.25, 0.3) is 11.1 Å². The Kier molecular flexibility index (Phi) is 1.51. The first-order chi connectivity index (χ1) is 5.66. The summed E-state index contributed by atoms with van der Waals surface area (Å²) in [5.74, 6) is -0.285. The molecule has 2 aromatic rings. The lowest BCUT2D eigenvalue weighted by Gasteiger charge is -1.92. The molecule has 0 spiro atoms. The number of benzene rings is 1. The summed E-state index contributed by atoms with van der Waals surface area (Å²) >= 11 is 4.77. The molecule has 0 aliphatic heterocycles. The molecule has 0 unspecified atom stereocenters. The van der Waals surface area contributed by atoms with Gasteiger partial charge in [0, 0.05) is 6.07 Å². The zero-order chi connectivity index (χ0) is 8.72. The quantitative estimate of drug-likeness (QED) is 0.636. The fraction of sp³-hybridized carbons (Fsp3) is 0.125. The predicted octanol–water partition coefficient (Wildman–Crippen LogP) is 2.94. The minimum atomic E-state index is -0.285. The topological polar surface area (TPSA) is 28.9 Å². The van der Waals surface area contributed by atoms with Crippen molar-refractivity contribution in [3.05, 3.63) is 28.4 Å².